The van der Waals surface area contributed by atoms with Crippen molar-refractivity contribution in [3.8, 4) is 5.69 Å². The first-order chi connectivity index (χ1) is 17.8. The van der Waals surface area contributed by atoms with Gasteiger partial charge in [-0.15, -0.1) is 21.5 Å². The molecule has 0 fully saturated rings. The Morgan fingerprint density at radius 1 is 1.19 bits per heavy atom. The number of ether oxygens (including phenoxy) is 1. The third kappa shape index (κ3) is 4.38. The van der Waals surface area contributed by atoms with Crippen LogP contribution in [0, 0.1) is 12.8 Å². The van der Waals surface area contributed by atoms with Crippen molar-refractivity contribution in [3.05, 3.63) is 84.4 Å². The van der Waals surface area contributed by atoms with E-state index in [9.17, 15) is 4.79 Å². The number of thiophene rings is 1. The number of aryl methyl sites for hydroxylation is 1. The minimum atomic E-state index is -0.0697. The summed E-state index contributed by atoms with van der Waals surface area (Å²) in [4.78, 5) is 16.1. The summed E-state index contributed by atoms with van der Waals surface area (Å²) >= 11 is 15.6. The molecule has 10 heteroatoms. The number of hydrogen-bond acceptors (Lipinski definition) is 6. The molecule has 0 saturated heterocycles. The normalized spacial score (nSPS) is 15.7. The Balaban J connectivity index is 1.57. The number of hydrogen-bond donors (Lipinski definition) is 0. The molecule has 1 atom stereocenters. The van der Waals surface area contributed by atoms with Gasteiger partial charge in [0.15, 0.2) is 5.16 Å². The SMILES string of the molecule is Cc1cccc(-n2c(=O)c3c4c(sc3n3c(SCc5ccc(Cl)cc5Cl)nnc23)COC(C(C)C)C4)c1. The number of halogens is 2. The number of benzene rings is 2. The van der Waals surface area contributed by atoms with Crippen LogP contribution in [-0.2, 0) is 23.5 Å². The van der Waals surface area contributed by atoms with E-state index in [0.29, 0.717) is 45.7 Å². The monoisotopic (exact) mass is 570 g/mol. The van der Waals surface area contributed by atoms with Gasteiger partial charge in [0.25, 0.3) is 5.56 Å². The Kier molecular flexibility index (Phi) is 6.57. The van der Waals surface area contributed by atoms with Gasteiger partial charge in [-0.25, -0.2) is 8.97 Å². The zero-order chi connectivity index (χ0) is 25.8. The molecular formula is C27H24Cl2N4O2S2. The van der Waals surface area contributed by atoms with E-state index in [2.05, 4.69) is 24.0 Å². The van der Waals surface area contributed by atoms with Crippen molar-refractivity contribution in [1.82, 2.24) is 19.2 Å². The smallest absolute Gasteiger partial charge is 0.268 e. The van der Waals surface area contributed by atoms with Crippen LogP contribution in [0.25, 0.3) is 21.7 Å². The van der Waals surface area contributed by atoms with E-state index in [1.807, 2.05) is 47.7 Å². The second-order valence-electron chi connectivity index (χ2n) is 9.60. The van der Waals surface area contributed by atoms with Gasteiger partial charge in [-0.2, -0.15) is 0 Å². The number of nitrogens with zero attached hydrogens (tertiary/aromatic N) is 4. The fourth-order valence-corrected chi connectivity index (χ4v) is 7.53. The van der Waals surface area contributed by atoms with Crippen LogP contribution in [0.2, 0.25) is 10.0 Å². The molecule has 2 aromatic carbocycles. The Hall–Kier alpha value is -2.36. The molecule has 6 rings (SSSR count). The Labute approximate surface area is 232 Å². The van der Waals surface area contributed by atoms with Crippen LogP contribution in [0.3, 0.4) is 0 Å². The summed E-state index contributed by atoms with van der Waals surface area (Å²) < 4.78 is 9.85. The second-order valence-corrected chi connectivity index (χ2v) is 12.5. The molecule has 3 aromatic heterocycles. The Bertz CT molecular complexity index is 1720. The zero-order valence-corrected chi connectivity index (χ0v) is 23.6. The number of rotatable bonds is 5. The molecule has 190 valence electrons. The first kappa shape index (κ1) is 24.9. The summed E-state index contributed by atoms with van der Waals surface area (Å²) in [6, 6.07) is 13.4. The largest absolute Gasteiger partial charge is 0.372 e. The molecule has 0 aliphatic carbocycles. The van der Waals surface area contributed by atoms with Gasteiger partial charge in [0.1, 0.15) is 4.83 Å². The van der Waals surface area contributed by atoms with Crippen LogP contribution < -0.4 is 5.56 Å². The van der Waals surface area contributed by atoms with E-state index in [0.717, 1.165) is 37.5 Å². The fourth-order valence-electron chi connectivity index (χ4n) is 4.74. The third-order valence-corrected chi connectivity index (χ3v) is 9.47. The fraction of sp³-hybridized carbons (Fsp3) is 0.296. The standard InChI is InChI=1S/C27H24Cl2N4O2S2/c1-14(2)21-11-19-22(12-35-21)37-25-23(19)24(34)32(18-6-4-5-15(3)9-18)26-30-31-27(33(25)26)36-13-16-7-8-17(28)10-20(16)29/h4-10,14,21H,11-13H2,1-3H3. The average Bonchev–Trinajstić information content (AvgIpc) is 3.45. The molecule has 1 aliphatic heterocycles. The van der Waals surface area contributed by atoms with Gasteiger partial charge in [0.2, 0.25) is 5.78 Å². The van der Waals surface area contributed by atoms with Crippen LogP contribution in [0.4, 0.5) is 0 Å². The summed E-state index contributed by atoms with van der Waals surface area (Å²) in [5, 5.41) is 11.7. The minimum Gasteiger partial charge on any atom is -0.372 e. The molecule has 0 spiro atoms. The molecule has 1 unspecified atom stereocenters. The Morgan fingerprint density at radius 3 is 2.78 bits per heavy atom. The van der Waals surface area contributed by atoms with Gasteiger partial charge in [0, 0.05) is 27.1 Å². The van der Waals surface area contributed by atoms with Crippen LogP contribution in [0.1, 0.15) is 35.4 Å². The summed E-state index contributed by atoms with van der Waals surface area (Å²) in [6.45, 7) is 6.84. The third-order valence-electron chi connectivity index (χ3n) is 6.72. The minimum absolute atomic E-state index is 0.0697. The van der Waals surface area contributed by atoms with Crippen LogP contribution in [-0.4, -0.2) is 25.3 Å². The average molecular weight is 572 g/mol. The van der Waals surface area contributed by atoms with Gasteiger partial charge >= 0.3 is 0 Å². The summed E-state index contributed by atoms with van der Waals surface area (Å²) in [5.74, 6) is 1.44. The lowest BCUT2D eigenvalue weighted by molar-refractivity contribution is 0.00200. The first-order valence-corrected chi connectivity index (χ1v) is 14.6. The summed E-state index contributed by atoms with van der Waals surface area (Å²) in [6.07, 6.45) is 0.793. The van der Waals surface area contributed by atoms with Gasteiger partial charge in [-0.05, 0) is 53.8 Å². The highest BCUT2D eigenvalue weighted by Gasteiger charge is 2.30. The van der Waals surface area contributed by atoms with E-state index in [1.165, 1.54) is 11.8 Å². The van der Waals surface area contributed by atoms with Crippen molar-refractivity contribution in [2.45, 2.75) is 50.8 Å². The summed E-state index contributed by atoms with van der Waals surface area (Å²) in [5.41, 5.74) is 3.81. The number of thioether (sulfide) groups is 1. The van der Waals surface area contributed by atoms with Gasteiger partial charge in [-0.1, -0.05) is 67.0 Å². The molecule has 0 radical (unpaired) electrons. The maximum absolute atomic E-state index is 14.1. The van der Waals surface area contributed by atoms with Gasteiger partial charge in [0.05, 0.1) is 23.8 Å². The first-order valence-electron chi connectivity index (χ1n) is 12.0. The van der Waals surface area contributed by atoms with Crippen LogP contribution >= 0.6 is 46.3 Å². The lowest BCUT2D eigenvalue weighted by Gasteiger charge is -2.26. The molecule has 4 heterocycles. The molecule has 1 aliphatic rings. The zero-order valence-electron chi connectivity index (χ0n) is 20.5. The van der Waals surface area contributed by atoms with Crippen LogP contribution in [0.5, 0.6) is 0 Å². The van der Waals surface area contributed by atoms with Crippen molar-refractivity contribution in [1.29, 1.82) is 0 Å². The molecule has 0 saturated carbocycles. The quantitative estimate of drug-likeness (QED) is 0.211. The maximum atomic E-state index is 14.1. The van der Waals surface area contributed by atoms with E-state index < -0.39 is 0 Å². The number of aromatic nitrogens is 4. The molecule has 0 amide bonds. The van der Waals surface area contributed by atoms with E-state index in [1.54, 1.807) is 22.0 Å². The molecule has 0 N–H and O–H groups in total. The highest BCUT2D eigenvalue weighted by atomic mass is 35.5. The Morgan fingerprint density at radius 2 is 2.03 bits per heavy atom. The van der Waals surface area contributed by atoms with Crippen molar-refractivity contribution >= 4 is 62.3 Å². The lowest BCUT2D eigenvalue weighted by atomic mass is 9.96. The molecule has 6 nitrogen and oxygen atoms in total. The predicted octanol–water partition coefficient (Wildman–Crippen LogP) is 7.10. The molecule has 5 aromatic rings. The maximum Gasteiger partial charge on any atom is 0.268 e. The van der Waals surface area contributed by atoms with E-state index in [-0.39, 0.29) is 11.7 Å². The van der Waals surface area contributed by atoms with Crippen LogP contribution in [0.15, 0.2) is 52.4 Å². The van der Waals surface area contributed by atoms with Crippen molar-refractivity contribution in [2.75, 3.05) is 0 Å². The highest BCUT2D eigenvalue weighted by Crippen LogP contribution is 2.38. The van der Waals surface area contributed by atoms with E-state index >= 15 is 0 Å². The lowest BCUT2D eigenvalue weighted by Crippen LogP contribution is -2.28. The highest BCUT2D eigenvalue weighted by molar-refractivity contribution is 7.98. The second kappa shape index (κ2) is 9.75. The van der Waals surface area contributed by atoms with Crippen molar-refractivity contribution in [3.63, 3.8) is 0 Å². The van der Waals surface area contributed by atoms with E-state index in [4.69, 9.17) is 27.9 Å². The summed E-state index contributed by atoms with van der Waals surface area (Å²) in [7, 11) is 0. The topological polar surface area (TPSA) is 61.4 Å². The number of fused-ring (bicyclic) bond motifs is 5. The molecule has 0 bridgehead atoms. The molecular weight excluding hydrogens is 547 g/mol. The molecule has 37 heavy (non-hydrogen) atoms. The van der Waals surface area contributed by atoms with Crippen molar-refractivity contribution in [2.24, 2.45) is 5.92 Å². The van der Waals surface area contributed by atoms with Gasteiger partial charge < -0.3 is 4.74 Å². The van der Waals surface area contributed by atoms with Gasteiger partial charge in [-0.3, -0.25) is 4.79 Å². The van der Waals surface area contributed by atoms with Crippen molar-refractivity contribution < 1.29 is 4.74 Å². The predicted molar refractivity (Wildman–Crippen MR) is 152 cm³/mol.